The fraction of sp³-hybridized carbons (Fsp3) is 0.294. The van der Waals surface area contributed by atoms with E-state index in [0.717, 1.165) is 5.56 Å². The molecule has 0 bridgehead atoms. The van der Waals surface area contributed by atoms with Crippen LogP contribution in [0.15, 0.2) is 39.4 Å². The summed E-state index contributed by atoms with van der Waals surface area (Å²) in [6.45, 7) is 5.43. The van der Waals surface area contributed by atoms with E-state index >= 15 is 0 Å². The Balaban J connectivity index is 1.70. The molecule has 0 amide bonds. The summed E-state index contributed by atoms with van der Waals surface area (Å²) < 4.78 is 15.6. The van der Waals surface area contributed by atoms with Crippen LogP contribution in [0.1, 0.15) is 47.5 Å². The number of carbonyl (C=O) groups excluding carboxylic acids is 1. The van der Waals surface area contributed by atoms with Gasteiger partial charge in [0.05, 0.1) is 5.69 Å². The first-order valence-electron chi connectivity index (χ1n) is 7.57. The van der Waals surface area contributed by atoms with Crippen molar-refractivity contribution >= 4 is 5.97 Å². The normalized spacial score (nSPS) is 11.0. The van der Waals surface area contributed by atoms with Gasteiger partial charge in [0, 0.05) is 11.5 Å². The fourth-order valence-corrected chi connectivity index (χ4v) is 2.25. The topological polar surface area (TPSA) is 91.2 Å². The Labute approximate surface area is 138 Å². The summed E-state index contributed by atoms with van der Waals surface area (Å²) in [4.78, 5) is 16.5. The lowest BCUT2D eigenvalue weighted by molar-refractivity contribution is 0.0426. The summed E-state index contributed by atoms with van der Waals surface area (Å²) in [5.74, 6) is 0.694. The highest BCUT2D eigenvalue weighted by Gasteiger charge is 2.24. The van der Waals surface area contributed by atoms with Gasteiger partial charge in [0.25, 0.3) is 5.89 Å². The second kappa shape index (κ2) is 6.66. The van der Waals surface area contributed by atoms with Crippen molar-refractivity contribution in [1.29, 1.82) is 0 Å². The van der Waals surface area contributed by atoms with Crippen LogP contribution in [0.2, 0.25) is 0 Å². The number of hydrogen-bond acceptors (Lipinski definition) is 7. The van der Waals surface area contributed by atoms with Gasteiger partial charge in [-0.15, -0.1) is 0 Å². The molecule has 0 atom stereocenters. The van der Waals surface area contributed by atoms with Gasteiger partial charge in [0.2, 0.25) is 5.82 Å². The van der Waals surface area contributed by atoms with Crippen molar-refractivity contribution in [3.8, 4) is 11.4 Å². The van der Waals surface area contributed by atoms with Crippen LogP contribution in [0, 0.1) is 6.92 Å². The molecule has 3 rings (SSSR count). The third kappa shape index (κ3) is 3.19. The third-order valence-electron chi connectivity index (χ3n) is 3.44. The number of nitrogens with zero attached hydrogens (tertiary/aromatic N) is 3. The van der Waals surface area contributed by atoms with Crippen molar-refractivity contribution in [2.45, 2.75) is 33.3 Å². The molecule has 0 unspecified atom stereocenters. The van der Waals surface area contributed by atoms with E-state index in [1.54, 1.807) is 6.92 Å². The lowest BCUT2D eigenvalue weighted by Crippen LogP contribution is -2.09. The van der Waals surface area contributed by atoms with Crippen molar-refractivity contribution in [2.75, 3.05) is 0 Å². The molecule has 2 aromatic heterocycles. The van der Waals surface area contributed by atoms with Gasteiger partial charge in [-0.05, 0) is 6.92 Å². The molecule has 3 aromatic rings. The SMILES string of the molecule is Cc1noc(C(C)C)c1C(=O)OCc1nc(-c2ccccc2)no1. The van der Waals surface area contributed by atoms with Crippen LogP contribution < -0.4 is 0 Å². The molecule has 0 saturated heterocycles. The van der Waals surface area contributed by atoms with E-state index in [1.165, 1.54) is 0 Å². The Kier molecular flexibility index (Phi) is 4.41. The molecule has 7 nitrogen and oxygen atoms in total. The lowest BCUT2D eigenvalue weighted by Gasteiger charge is -2.04. The Morgan fingerprint density at radius 1 is 1.17 bits per heavy atom. The number of hydrogen-bond donors (Lipinski definition) is 0. The molecule has 0 aliphatic carbocycles. The number of aromatic nitrogens is 3. The van der Waals surface area contributed by atoms with Crippen LogP contribution in [0.4, 0.5) is 0 Å². The number of esters is 1. The Bertz CT molecular complexity index is 837. The summed E-state index contributed by atoms with van der Waals surface area (Å²) in [6.07, 6.45) is 0. The summed E-state index contributed by atoms with van der Waals surface area (Å²) in [5.41, 5.74) is 1.68. The summed E-state index contributed by atoms with van der Waals surface area (Å²) >= 11 is 0. The molecule has 24 heavy (non-hydrogen) atoms. The zero-order valence-corrected chi connectivity index (χ0v) is 13.6. The quantitative estimate of drug-likeness (QED) is 0.662. The smallest absolute Gasteiger partial charge is 0.344 e. The van der Waals surface area contributed by atoms with Crippen molar-refractivity contribution in [3.63, 3.8) is 0 Å². The lowest BCUT2D eigenvalue weighted by atomic mass is 10.1. The molecular formula is C17H17N3O4. The van der Waals surface area contributed by atoms with Gasteiger partial charge >= 0.3 is 5.97 Å². The maximum atomic E-state index is 12.3. The highest BCUT2D eigenvalue weighted by Crippen LogP contribution is 2.23. The maximum Gasteiger partial charge on any atom is 0.344 e. The Morgan fingerprint density at radius 3 is 2.62 bits per heavy atom. The van der Waals surface area contributed by atoms with Crippen molar-refractivity contribution in [2.24, 2.45) is 0 Å². The van der Waals surface area contributed by atoms with Gasteiger partial charge in [0.15, 0.2) is 12.4 Å². The largest absolute Gasteiger partial charge is 0.452 e. The van der Waals surface area contributed by atoms with Gasteiger partial charge in [-0.2, -0.15) is 4.98 Å². The second-order valence-corrected chi connectivity index (χ2v) is 5.62. The molecule has 1 aromatic carbocycles. The molecule has 0 fully saturated rings. The zero-order chi connectivity index (χ0) is 17.1. The molecule has 124 valence electrons. The molecule has 7 heteroatoms. The summed E-state index contributed by atoms with van der Waals surface area (Å²) in [7, 11) is 0. The van der Waals surface area contributed by atoms with E-state index in [0.29, 0.717) is 22.8 Å². The zero-order valence-electron chi connectivity index (χ0n) is 13.6. The van der Waals surface area contributed by atoms with Gasteiger partial charge in [0.1, 0.15) is 5.56 Å². The number of ether oxygens (including phenoxy) is 1. The number of aryl methyl sites for hydroxylation is 1. The minimum absolute atomic E-state index is 0.0295. The highest BCUT2D eigenvalue weighted by molar-refractivity contribution is 5.91. The van der Waals surface area contributed by atoms with Gasteiger partial charge in [-0.25, -0.2) is 4.79 Å². The van der Waals surface area contributed by atoms with Crippen LogP contribution in [0.5, 0.6) is 0 Å². The highest BCUT2D eigenvalue weighted by atomic mass is 16.6. The molecule has 0 saturated carbocycles. The molecule has 0 N–H and O–H groups in total. The standard InChI is InChI=1S/C17H17N3O4/c1-10(2)15-14(11(3)19-24-15)17(21)22-9-13-18-16(20-23-13)12-7-5-4-6-8-12/h4-8,10H,9H2,1-3H3. The van der Waals surface area contributed by atoms with Crippen molar-refractivity contribution in [1.82, 2.24) is 15.3 Å². The molecule has 2 heterocycles. The first kappa shape index (κ1) is 15.9. The van der Waals surface area contributed by atoms with E-state index < -0.39 is 5.97 Å². The average molecular weight is 327 g/mol. The summed E-state index contributed by atoms with van der Waals surface area (Å²) in [6, 6.07) is 9.41. The van der Waals surface area contributed by atoms with Crippen LogP contribution in [0.25, 0.3) is 11.4 Å². The Morgan fingerprint density at radius 2 is 1.92 bits per heavy atom. The second-order valence-electron chi connectivity index (χ2n) is 5.62. The van der Waals surface area contributed by atoms with E-state index in [1.807, 2.05) is 44.2 Å². The van der Waals surface area contributed by atoms with Crippen molar-refractivity contribution < 1.29 is 18.6 Å². The minimum Gasteiger partial charge on any atom is -0.452 e. The van der Waals surface area contributed by atoms with Gasteiger partial charge in [-0.1, -0.05) is 54.5 Å². The number of benzene rings is 1. The maximum absolute atomic E-state index is 12.3. The Hall–Kier alpha value is -2.96. The van der Waals surface area contributed by atoms with Gasteiger partial charge < -0.3 is 13.8 Å². The molecule has 0 radical (unpaired) electrons. The number of carbonyl (C=O) groups is 1. The first-order valence-corrected chi connectivity index (χ1v) is 7.57. The third-order valence-corrected chi connectivity index (χ3v) is 3.44. The predicted octanol–water partition coefficient (Wildman–Crippen LogP) is 3.51. The van der Waals surface area contributed by atoms with E-state index in [9.17, 15) is 4.79 Å². The molecular weight excluding hydrogens is 310 g/mol. The van der Waals surface area contributed by atoms with Crippen LogP contribution in [-0.2, 0) is 11.3 Å². The van der Waals surface area contributed by atoms with E-state index in [-0.39, 0.29) is 18.4 Å². The average Bonchev–Trinajstić information content (AvgIpc) is 3.20. The van der Waals surface area contributed by atoms with Crippen molar-refractivity contribution in [3.05, 3.63) is 53.2 Å². The summed E-state index contributed by atoms with van der Waals surface area (Å²) in [5, 5.41) is 7.71. The van der Waals surface area contributed by atoms with E-state index in [4.69, 9.17) is 13.8 Å². The van der Waals surface area contributed by atoms with Crippen LogP contribution >= 0.6 is 0 Å². The van der Waals surface area contributed by atoms with Gasteiger partial charge in [-0.3, -0.25) is 0 Å². The monoisotopic (exact) mass is 327 g/mol. The van der Waals surface area contributed by atoms with Crippen LogP contribution in [0.3, 0.4) is 0 Å². The predicted molar refractivity (Wildman–Crippen MR) is 84.2 cm³/mol. The van der Waals surface area contributed by atoms with Crippen LogP contribution in [-0.4, -0.2) is 21.3 Å². The fourth-order valence-electron chi connectivity index (χ4n) is 2.25. The minimum atomic E-state index is -0.517. The number of rotatable bonds is 5. The molecule has 0 aliphatic rings. The molecule has 0 aliphatic heterocycles. The molecule has 0 spiro atoms. The first-order chi connectivity index (χ1) is 11.6. The van der Waals surface area contributed by atoms with E-state index in [2.05, 4.69) is 15.3 Å².